The Morgan fingerprint density at radius 3 is 2.48 bits per heavy atom. The van der Waals surface area contributed by atoms with Crippen LogP contribution in [0.25, 0.3) is 0 Å². The summed E-state index contributed by atoms with van der Waals surface area (Å²) in [6, 6.07) is 4.19. The molecule has 2 aliphatic heterocycles. The molecule has 2 aromatic heterocycles. The number of aromatic nitrogens is 3. The molecule has 0 aromatic carbocycles. The Morgan fingerprint density at radius 1 is 1.00 bits per heavy atom. The fraction of sp³-hybridized carbons (Fsp3) is 0.526. The van der Waals surface area contributed by atoms with Crippen molar-refractivity contribution in [3.05, 3.63) is 30.2 Å². The van der Waals surface area contributed by atoms with Gasteiger partial charge in [0, 0.05) is 63.0 Å². The molecule has 2 saturated heterocycles. The molecule has 0 radical (unpaired) electrons. The third-order valence-electron chi connectivity index (χ3n) is 5.39. The molecule has 2 aromatic rings. The second-order valence-corrected chi connectivity index (χ2v) is 7.59. The number of hydrogen-bond acceptors (Lipinski definition) is 8. The Hall–Kier alpha value is -2.45. The average molecular weight is 367 g/mol. The van der Waals surface area contributed by atoms with E-state index in [0.29, 0.717) is 24.8 Å². The monoisotopic (exact) mass is 367 g/mol. The van der Waals surface area contributed by atoms with Crippen molar-refractivity contribution in [2.45, 2.75) is 24.9 Å². The molecule has 0 atom stereocenters. The fourth-order valence-corrected chi connectivity index (χ4v) is 3.60. The zero-order chi connectivity index (χ0) is 18.2. The Labute approximate surface area is 158 Å². The van der Waals surface area contributed by atoms with Crippen LogP contribution in [0, 0.1) is 0 Å². The molecular formula is C19H25N7O. The first-order valence-corrected chi connectivity index (χ1v) is 9.74. The number of aliphatic hydroxyl groups is 1. The molecule has 142 valence electrons. The molecule has 0 unspecified atom stereocenters. The van der Waals surface area contributed by atoms with Crippen LogP contribution in [0.1, 0.15) is 24.5 Å². The van der Waals surface area contributed by atoms with Crippen molar-refractivity contribution in [3.8, 4) is 0 Å². The Kier molecular flexibility index (Phi) is 4.29. The molecule has 8 nitrogen and oxygen atoms in total. The smallest absolute Gasteiger partial charge is 0.150 e. The van der Waals surface area contributed by atoms with Crippen LogP contribution in [0.2, 0.25) is 0 Å². The molecular weight excluding hydrogens is 342 g/mol. The zero-order valence-corrected chi connectivity index (χ0v) is 15.3. The highest BCUT2D eigenvalue weighted by Gasteiger charge is 2.27. The highest BCUT2D eigenvalue weighted by Crippen LogP contribution is 2.38. The van der Waals surface area contributed by atoms with Gasteiger partial charge < -0.3 is 25.5 Å². The quantitative estimate of drug-likeness (QED) is 0.724. The van der Waals surface area contributed by atoms with E-state index >= 15 is 0 Å². The van der Waals surface area contributed by atoms with Gasteiger partial charge in [-0.2, -0.15) is 0 Å². The van der Waals surface area contributed by atoms with Crippen LogP contribution in [0.5, 0.6) is 0 Å². The number of hydrogen-bond donors (Lipinski definition) is 3. The molecule has 8 heteroatoms. The van der Waals surface area contributed by atoms with Crippen LogP contribution in [0.15, 0.2) is 24.5 Å². The van der Waals surface area contributed by atoms with E-state index in [1.165, 1.54) is 12.8 Å². The van der Waals surface area contributed by atoms with Gasteiger partial charge in [0.05, 0.1) is 24.2 Å². The summed E-state index contributed by atoms with van der Waals surface area (Å²) in [5.41, 5.74) is 2.23. The number of aliphatic hydroxyl groups excluding tert-OH is 1. The molecule has 0 spiro atoms. The van der Waals surface area contributed by atoms with Gasteiger partial charge in [-0.25, -0.2) is 9.97 Å². The Morgan fingerprint density at radius 2 is 1.81 bits per heavy atom. The number of nitrogens with zero attached hydrogens (tertiary/aromatic N) is 5. The van der Waals surface area contributed by atoms with Gasteiger partial charge in [0.25, 0.3) is 0 Å². The van der Waals surface area contributed by atoms with Crippen LogP contribution in [-0.4, -0.2) is 65.4 Å². The lowest BCUT2D eigenvalue weighted by atomic mass is 10.1. The average Bonchev–Trinajstić information content (AvgIpc) is 3.52. The van der Waals surface area contributed by atoms with Gasteiger partial charge in [-0.3, -0.25) is 4.98 Å². The third kappa shape index (κ3) is 3.68. The predicted octanol–water partition coefficient (Wildman–Crippen LogP) is 1.08. The molecule has 3 aliphatic rings. The van der Waals surface area contributed by atoms with Crippen molar-refractivity contribution in [2.24, 2.45) is 0 Å². The second kappa shape index (κ2) is 6.94. The SMILES string of the molecule is OC1CN(c2cc(N3CCNCC3)cc(Nc3cnc(C4CC4)cn3)n2)C1. The van der Waals surface area contributed by atoms with Gasteiger partial charge in [0.1, 0.15) is 17.5 Å². The lowest BCUT2D eigenvalue weighted by Crippen LogP contribution is -2.51. The van der Waals surface area contributed by atoms with Gasteiger partial charge in [0.2, 0.25) is 0 Å². The first kappa shape index (κ1) is 16.7. The number of piperazine rings is 1. The van der Waals surface area contributed by atoms with Crippen LogP contribution >= 0.6 is 0 Å². The molecule has 4 heterocycles. The van der Waals surface area contributed by atoms with Crippen LogP contribution < -0.4 is 20.4 Å². The summed E-state index contributed by atoms with van der Waals surface area (Å²) in [5, 5.41) is 16.4. The maximum absolute atomic E-state index is 9.66. The summed E-state index contributed by atoms with van der Waals surface area (Å²) < 4.78 is 0. The number of nitrogens with one attached hydrogen (secondary N) is 2. The topological polar surface area (TPSA) is 89.4 Å². The summed E-state index contributed by atoms with van der Waals surface area (Å²) in [6.45, 7) is 5.18. The van der Waals surface area contributed by atoms with Crippen LogP contribution in [0.4, 0.5) is 23.1 Å². The van der Waals surface area contributed by atoms with E-state index in [2.05, 4.69) is 42.5 Å². The lowest BCUT2D eigenvalue weighted by Gasteiger charge is -2.38. The fourth-order valence-electron chi connectivity index (χ4n) is 3.60. The minimum Gasteiger partial charge on any atom is -0.389 e. The van der Waals surface area contributed by atoms with Gasteiger partial charge in [-0.05, 0) is 12.8 Å². The lowest BCUT2D eigenvalue weighted by molar-refractivity contribution is 0.141. The maximum atomic E-state index is 9.66. The predicted molar refractivity (Wildman–Crippen MR) is 105 cm³/mol. The van der Waals surface area contributed by atoms with E-state index in [9.17, 15) is 5.11 Å². The molecule has 1 saturated carbocycles. The third-order valence-corrected chi connectivity index (χ3v) is 5.39. The van der Waals surface area contributed by atoms with E-state index in [-0.39, 0.29) is 6.10 Å². The second-order valence-electron chi connectivity index (χ2n) is 7.59. The number of pyridine rings is 1. The first-order chi connectivity index (χ1) is 13.2. The van der Waals surface area contributed by atoms with Crippen molar-refractivity contribution < 1.29 is 5.11 Å². The van der Waals surface area contributed by atoms with Gasteiger partial charge in [-0.1, -0.05) is 0 Å². The molecule has 5 rings (SSSR count). The highest BCUT2D eigenvalue weighted by atomic mass is 16.3. The van der Waals surface area contributed by atoms with Crippen molar-refractivity contribution in [3.63, 3.8) is 0 Å². The Bertz CT molecular complexity index is 796. The van der Waals surface area contributed by atoms with Crippen LogP contribution in [0.3, 0.4) is 0 Å². The molecule has 3 N–H and O–H groups in total. The van der Waals surface area contributed by atoms with Crippen LogP contribution in [-0.2, 0) is 0 Å². The van der Waals surface area contributed by atoms with E-state index < -0.39 is 0 Å². The van der Waals surface area contributed by atoms with E-state index in [4.69, 9.17) is 4.98 Å². The number of anilines is 4. The summed E-state index contributed by atoms with van der Waals surface area (Å²) >= 11 is 0. The van der Waals surface area contributed by atoms with Crippen molar-refractivity contribution >= 4 is 23.1 Å². The first-order valence-electron chi connectivity index (χ1n) is 9.74. The molecule has 0 amide bonds. The minimum absolute atomic E-state index is 0.258. The summed E-state index contributed by atoms with van der Waals surface area (Å²) in [5.74, 6) is 2.96. The normalized spacial score (nSPS) is 20.5. The largest absolute Gasteiger partial charge is 0.389 e. The summed E-state index contributed by atoms with van der Waals surface area (Å²) in [7, 11) is 0. The van der Waals surface area contributed by atoms with E-state index in [0.717, 1.165) is 49.2 Å². The van der Waals surface area contributed by atoms with Gasteiger partial charge in [-0.15, -0.1) is 0 Å². The minimum atomic E-state index is -0.258. The zero-order valence-electron chi connectivity index (χ0n) is 15.3. The molecule has 1 aliphatic carbocycles. The Balaban J connectivity index is 1.39. The summed E-state index contributed by atoms with van der Waals surface area (Å²) in [6.07, 6.45) is 5.85. The van der Waals surface area contributed by atoms with Crippen molar-refractivity contribution in [2.75, 3.05) is 54.4 Å². The van der Waals surface area contributed by atoms with E-state index in [1.807, 2.05) is 6.20 Å². The maximum Gasteiger partial charge on any atom is 0.150 e. The van der Waals surface area contributed by atoms with Crippen molar-refractivity contribution in [1.29, 1.82) is 0 Å². The molecule has 0 bridgehead atoms. The number of rotatable bonds is 5. The standard InChI is InChI=1S/C19H25N7O/c27-15-11-26(12-15)19-8-14(25-5-3-20-4-6-25)7-17(24-19)23-18-10-21-16(9-22-18)13-1-2-13/h7-10,13,15,20,27H,1-6,11-12H2,(H,22,23,24). The molecule has 27 heavy (non-hydrogen) atoms. The summed E-state index contributed by atoms with van der Waals surface area (Å²) in [4.78, 5) is 18.2. The number of β-amino-alcohol motifs (C(OH)–C–C–N with tert-alkyl or cyclic N) is 1. The molecule has 3 fully saturated rings. The van der Waals surface area contributed by atoms with Gasteiger partial charge >= 0.3 is 0 Å². The van der Waals surface area contributed by atoms with E-state index in [1.54, 1.807) is 6.20 Å². The van der Waals surface area contributed by atoms with Crippen molar-refractivity contribution in [1.82, 2.24) is 20.3 Å². The highest BCUT2D eigenvalue weighted by molar-refractivity contribution is 5.66. The van der Waals surface area contributed by atoms with Gasteiger partial charge in [0.15, 0.2) is 0 Å².